The number of hydrogen-bond acceptors (Lipinski definition) is 3. The summed E-state index contributed by atoms with van der Waals surface area (Å²) in [6.45, 7) is 2.70. The molecule has 1 aliphatic rings. The van der Waals surface area contributed by atoms with E-state index in [9.17, 15) is 4.79 Å². The Morgan fingerprint density at radius 3 is 2.79 bits per heavy atom. The monoisotopic (exact) mass is 264 g/mol. The molecule has 5 nitrogen and oxygen atoms in total. The topological polar surface area (TPSA) is 83.8 Å². The van der Waals surface area contributed by atoms with Gasteiger partial charge in [0.15, 0.2) is 5.69 Å². The molecule has 1 saturated carbocycles. The van der Waals surface area contributed by atoms with Gasteiger partial charge >= 0.3 is 0 Å². The number of aryl methyl sites for hydroxylation is 1. The smallest absolute Gasteiger partial charge is 0.273 e. The van der Waals surface area contributed by atoms with Gasteiger partial charge in [-0.1, -0.05) is 39.0 Å². The van der Waals surface area contributed by atoms with Crippen LogP contribution in [0.15, 0.2) is 0 Å². The maximum Gasteiger partial charge on any atom is 0.273 e. The van der Waals surface area contributed by atoms with E-state index < -0.39 is 0 Å². The van der Waals surface area contributed by atoms with Crippen LogP contribution in [0.4, 0.5) is 5.69 Å². The molecule has 0 unspecified atom stereocenters. The van der Waals surface area contributed by atoms with Crippen molar-refractivity contribution in [2.45, 2.75) is 51.9 Å². The molecular weight excluding hydrogens is 240 g/mol. The molecule has 0 saturated heterocycles. The number of carbonyl (C=O) groups excluding carboxylic acids is 1. The molecule has 1 heterocycles. The fourth-order valence-corrected chi connectivity index (χ4v) is 2.78. The predicted octanol–water partition coefficient (Wildman–Crippen LogP) is 2.25. The van der Waals surface area contributed by atoms with Gasteiger partial charge in [0.2, 0.25) is 0 Å². The van der Waals surface area contributed by atoms with E-state index in [2.05, 4.69) is 15.5 Å². The van der Waals surface area contributed by atoms with Crippen molar-refractivity contribution in [1.29, 1.82) is 0 Å². The Balaban J connectivity index is 1.78. The lowest BCUT2D eigenvalue weighted by Gasteiger charge is -2.21. The number of H-pyrrole nitrogens is 1. The molecule has 4 N–H and O–H groups in total. The van der Waals surface area contributed by atoms with E-state index in [1.165, 1.54) is 32.1 Å². The second kappa shape index (κ2) is 6.59. The van der Waals surface area contributed by atoms with Crippen molar-refractivity contribution in [3.63, 3.8) is 0 Å². The Hall–Kier alpha value is -1.52. The van der Waals surface area contributed by atoms with Gasteiger partial charge in [0, 0.05) is 6.54 Å². The van der Waals surface area contributed by atoms with Gasteiger partial charge in [-0.2, -0.15) is 5.10 Å². The van der Waals surface area contributed by atoms with Crippen LogP contribution < -0.4 is 11.1 Å². The van der Waals surface area contributed by atoms with Crippen LogP contribution in [0.25, 0.3) is 0 Å². The lowest BCUT2D eigenvalue weighted by atomic mass is 9.87. The second-order valence-electron chi connectivity index (χ2n) is 5.37. The third-order valence-corrected chi connectivity index (χ3v) is 4.01. The Labute approximate surface area is 114 Å². The Kier molecular flexibility index (Phi) is 4.82. The number of nitrogen functional groups attached to an aromatic ring is 1. The molecule has 1 aromatic heterocycles. The quantitative estimate of drug-likeness (QED) is 0.762. The van der Waals surface area contributed by atoms with Gasteiger partial charge < -0.3 is 11.1 Å². The summed E-state index contributed by atoms with van der Waals surface area (Å²) in [6, 6.07) is 0. The van der Waals surface area contributed by atoms with Gasteiger partial charge in [-0.3, -0.25) is 9.89 Å². The van der Waals surface area contributed by atoms with Crippen LogP contribution in [0.5, 0.6) is 0 Å². The molecule has 0 spiro atoms. The van der Waals surface area contributed by atoms with Crippen LogP contribution in [0.3, 0.4) is 0 Å². The molecule has 1 aliphatic carbocycles. The van der Waals surface area contributed by atoms with Gasteiger partial charge in [0.1, 0.15) is 0 Å². The molecule has 0 radical (unpaired) electrons. The van der Waals surface area contributed by atoms with Crippen molar-refractivity contribution in [1.82, 2.24) is 15.5 Å². The number of nitrogens with two attached hydrogens (primary N) is 1. The van der Waals surface area contributed by atoms with E-state index in [4.69, 9.17) is 5.73 Å². The molecule has 0 aliphatic heterocycles. The lowest BCUT2D eigenvalue weighted by molar-refractivity contribution is 0.0946. The summed E-state index contributed by atoms with van der Waals surface area (Å²) in [4.78, 5) is 12.0. The van der Waals surface area contributed by atoms with Gasteiger partial charge in [-0.05, 0) is 18.8 Å². The Morgan fingerprint density at radius 1 is 1.42 bits per heavy atom. The average molecular weight is 264 g/mol. The van der Waals surface area contributed by atoms with Crippen molar-refractivity contribution >= 4 is 11.6 Å². The number of hydrogen-bond donors (Lipinski definition) is 3. The molecule has 1 aromatic rings. The van der Waals surface area contributed by atoms with Gasteiger partial charge in [0.05, 0.1) is 11.4 Å². The maximum absolute atomic E-state index is 12.0. The van der Waals surface area contributed by atoms with Crippen LogP contribution >= 0.6 is 0 Å². The number of rotatable bonds is 5. The highest BCUT2D eigenvalue weighted by Gasteiger charge is 2.17. The first-order valence-corrected chi connectivity index (χ1v) is 7.33. The first-order valence-electron chi connectivity index (χ1n) is 7.33. The molecule has 5 heteroatoms. The van der Waals surface area contributed by atoms with Crippen molar-refractivity contribution in [2.75, 3.05) is 12.3 Å². The van der Waals surface area contributed by atoms with Crippen LogP contribution in [0.1, 0.15) is 61.6 Å². The van der Waals surface area contributed by atoms with Crippen LogP contribution in [-0.4, -0.2) is 22.6 Å². The van der Waals surface area contributed by atoms with Gasteiger partial charge in [-0.25, -0.2) is 0 Å². The zero-order valence-corrected chi connectivity index (χ0v) is 11.7. The van der Waals surface area contributed by atoms with E-state index in [0.29, 0.717) is 11.4 Å². The molecule has 106 valence electrons. The van der Waals surface area contributed by atoms with E-state index in [0.717, 1.165) is 31.0 Å². The van der Waals surface area contributed by atoms with E-state index >= 15 is 0 Å². The zero-order chi connectivity index (χ0) is 13.7. The molecule has 0 atom stereocenters. The van der Waals surface area contributed by atoms with E-state index in [1.807, 2.05) is 6.92 Å². The largest absolute Gasteiger partial charge is 0.395 e. The normalized spacial score (nSPS) is 16.5. The maximum atomic E-state index is 12.0. The average Bonchev–Trinajstić information content (AvgIpc) is 2.81. The van der Waals surface area contributed by atoms with E-state index in [1.54, 1.807) is 0 Å². The lowest BCUT2D eigenvalue weighted by Crippen LogP contribution is -2.27. The highest BCUT2D eigenvalue weighted by Crippen LogP contribution is 2.25. The molecule has 1 fully saturated rings. The molecule has 19 heavy (non-hydrogen) atoms. The third-order valence-electron chi connectivity index (χ3n) is 4.01. The standard InChI is InChI=1S/C14H24N4O/c1-2-11-12(15)13(18-17-11)14(19)16-9-8-10-6-4-3-5-7-10/h10H,2-9,15H2,1H3,(H,16,19)(H,17,18). The highest BCUT2D eigenvalue weighted by atomic mass is 16.1. The summed E-state index contributed by atoms with van der Waals surface area (Å²) in [5.41, 5.74) is 7.52. The number of anilines is 1. The molecule has 0 bridgehead atoms. The summed E-state index contributed by atoms with van der Waals surface area (Å²) in [5.74, 6) is 0.612. The number of nitrogens with one attached hydrogen (secondary N) is 2. The molecule has 1 amide bonds. The van der Waals surface area contributed by atoms with Crippen molar-refractivity contribution in [3.05, 3.63) is 11.4 Å². The number of aromatic nitrogens is 2. The first-order chi connectivity index (χ1) is 9.22. The van der Waals surface area contributed by atoms with Gasteiger partial charge in [-0.15, -0.1) is 0 Å². The SMILES string of the molecule is CCc1[nH]nc(C(=O)NCCC2CCCCC2)c1N. The summed E-state index contributed by atoms with van der Waals surface area (Å²) < 4.78 is 0. The first kappa shape index (κ1) is 13.9. The minimum atomic E-state index is -0.163. The Morgan fingerprint density at radius 2 is 2.16 bits per heavy atom. The summed E-state index contributed by atoms with van der Waals surface area (Å²) in [6.07, 6.45) is 8.48. The zero-order valence-electron chi connectivity index (χ0n) is 11.7. The van der Waals surface area contributed by atoms with E-state index in [-0.39, 0.29) is 5.91 Å². The summed E-state index contributed by atoms with van der Waals surface area (Å²) in [7, 11) is 0. The summed E-state index contributed by atoms with van der Waals surface area (Å²) in [5, 5.41) is 9.72. The van der Waals surface area contributed by atoms with Crippen molar-refractivity contribution in [2.24, 2.45) is 5.92 Å². The Bertz CT molecular complexity index is 421. The third kappa shape index (κ3) is 3.49. The summed E-state index contributed by atoms with van der Waals surface area (Å²) >= 11 is 0. The predicted molar refractivity (Wildman–Crippen MR) is 75.9 cm³/mol. The number of aromatic amines is 1. The number of carbonyl (C=O) groups is 1. The van der Waals surface area contributed by atoms with Crippen LogP contribution in [0, 0.1) is 5.92 Å². The second-order valence-corrected chi connectivity index (χ2v) is 5.37. The van der Waals surface area contributed by atoms with Crippen molar-refractivity contribution in [3.8, 4) is 0 Å². The molecule has 2 rings (SSSR count). The molecular formula is C14H24N4O. The number of nitrogens with zero attached hydrogens (tertiary/aromatic N) is 1. The van der Waals surface area contributed by atoms with Crippen LogP contribution in [0.2, 0.25) is 0 Å². The minimum absolute atomic E-state index is 0.163. The fourth-order valence-electron chi connectivity index (χ4n) is 2.78. The minimum Gasteiger partial charge on any atom is -0.395 e. The molecule has 0 aromatic carbocycles. The van der Waals surface area contributed by atoms with Crippen LogP contribution in [-0.2, 0) is 6.42 Å². The fraction of sp³-hybridized carbons (Fsp3) is 0.714. The van der Waals surface area contributed by atoms with Crippen molar-refractivity contribution < 1.29 is 4.79 Å². The number of amides is 1. The van der Waals surface area contributed by atoms with Gasteiger partial charge in [0.25, 0.3) is 5.91 Å². The highest BCUT2D eigenvalue weighted by molar-refractivity contribution is 5.97.